The van der Waals surface area contributed by atoms with Crippen LogP contribution in [0.25, 0.3) is 0 Å². The van der Waals surface area contributed by atoms with Gasteiger partial charge in [-0.05, 0) is 18.2 Å². The van der Waals surface area contributed by atoms with Gasteiger partial charge in [0.05, 0.1) is 5.56 Å². The van der Waals surface area contributed by atoms with Crippen LogP contribution in [-0.2, 0) is 11.0 Å². The summed E-state index contributed by atoms with van der Waals surface area (Å²) in [7, 11) is 0. The molecule has 0 spiro atoms. The number of ketones is 1. The minimum Gasteiger partial charge on any atom is -0.486 e. The van der Waals surface area contributed by atoms with Crippen molar-refractivity contribution in [2.45, 2.75) is 20.0 Å². The van der Waals surface area contributed by atoms with Crippen molar-refractivity contribution in [3.63, 3.8) is 0 Å². The fourth-order valence-electron chi connectivity index (χ4n) is 1.13. The average molecular weight is 264 g/mol. The lowest BCUT2D eigenvalue weighted by atomic mass is 10.1. The molecule has 0 saturated carbocycles. The van der Waals surface area contributed by atoms with Crippen LogP contribution >= 0.6 is 0 Å². The maximum Gasteiger partial charge on any atom is 0.419 e. The van der Waals surface area contributed by atoms with E-state index in [0.717, 1.165) is 6.07 Å². The predicted molar refractivity (Wildman–Crippen MR) is 56.7 cm³/mol. The number of halogens is 4. The molecule has 2 nitrogen and oxygen atoms in total. The molecule has 100 valence electrons. The van der Waals surface area contributed by atoms with Gasteiger partial charge in [0.15, 0.2) is 5.78 Å². The number of ether oxygens (including phenoxy) is 1. The number of rotatable bonds is 4. The highest BCUT2D eigenvalue weighted by Crippen LogP contribution is 2.33. The van der Waals surface area contributed by atoms with Crippen molar-refractivity contribution in [1.29, 1.82) is 0 Å². The van der Waals surface area contributed by atoms with Crippen molar-refractivity contribution < 1.29 is 27.1 Å². The number of benzene rings is 1. The van der Waals surface area contributed by atoms with Crippen molar-refractivity contribution in [2.75, 3.05) is 6.61 Å². The highest BCUT2D eigenvalue weighted by molar-refractivity contribution is 5.81. The number of carbonyl (C=O) groups excluding carboxylic acids is 1. The van der Waals surface area contributed by atoms with Gasteiger partial charge in [-0.1, -0.05) is 13.8 Å². The molecular formula is C12H12F4O2. The van der Waals surface area contributed by atoms with Crippen molar-refractivity contribution in [2.24, 2.45) is 5.92 Å². The van der Waals surface area contributed by atoms with E-state index in [4.69, 9.17) is 4.74 Å². The lowest BCUT2D eigenvalue weighted by Gasteiger charge is -2.11. The van der Waals surface area contributed by atoms with E-state index < -0.39 is 17.6 Å². The quantitative estimate of drug-likeness (QED) is 0.778. The van der Waals surface area contributed by atoms with Crippen LogP contribution in [0.15, 0.2) is 18.2 Å². The van der Waals surface area contributed by atoms with E-state index in [1.807, 2.05) is 0 Å². The summed E-state index contributed by atoms with van der Waals surface area (Å²) in [4.78, 5) is 11.2. The number of carbonyl (C=O) groups is 1. The van der Waals surface area contributed by atoms with E-state index in [2.05, 4.69) is 0 Å². The van der Waals surface area contributed by atoms with Crippen LogP contribution in [0.4, 0.5) is 17.6 Å². The molecule has 0 atom stereocenters. The summed E-state index contributed by atoms with van der Waals surface area (Å²) >= 11 is 0. The number of hydrogen-bond acceptors (Lipinski definition) is 2. The van der Waals surface area contributed by atoms with Crippen molar-refractivity contribution in [3.05, 3.63) is 29.6 Å². The van der Waals surface area contributed by atoms with Gasteiger partial charge >= 0.3 is 6.18 Å². The highest BCUT2D eigenvalue weighted by atomic mass is 19.4. The van der Waals surface area contributed by atoms with Gasteiger partial charge in [0, 0.05) is 5.92 Å². The molecule has 18 heavy (non-hydrogen) atoms. The zero-order chi connectivity index (χ0) is 13.9. The Morgan fingerprint density at radius 3 is 2.44 bits per heavy atom. The fraction of sp³-hybridized carbons (Fsp3) is 0.417. The number of Topliss-reactive ketones (excluding diaryl/α,β-unsaturated/α-hetero) is 1. The minimum absolute atomic E-state index is 0.183. The summed E-state index contributed by atoms with van der Waals surface area (Å²) in [6.45, 7) is 2.97. The lowest BCUT2D eigenvalue weighted by molar-refractivity contribution is -0.140. The summed E-state index contributed by atoms with van der Waals surface area (Å²) in [6.07, 6.45) is -4.79. The van der Waals surface area contributed by atoms with Crippen LogP contribution in [0.5, 0.6) is 5.75 Å². The van der Waals surface area contributed by atoms with Crippen LogP contribution in [-0.4, -0.2) is 12.4 Å². The third-order valence-corrected chi connectivity index (χ3v) is 2.27. The highest BCUT2D eigenvalue weighted by Gasteiger charge is 2.34. The van der Waals surface area contributed by atoms with E-state index in [9.17, 15) is 22.4 Å². The van der Waals surface area contributed by atoms with Gasteiger partial charge in [-0.3, -0.25) is 4.79 Å². The van der Waals surface area contributed by atoms with Crippen molar-refractivity contribution in [3.8, 4) is 5.75 Å². The van der Waals surface area contributed by atoms with Gasteiger partial charge in [0.25, 0.3) is 0 Å². The van der Waals surface area contributed by atoms with Crippen LogP contribution < -0.4 is 4.74 Å². The number of hydrogen-bond donors (Lipinski definition) is 0. The molecule has 0 aliphatic rings. The van der Waals surface area contributed by atoms with E-state index >= 15 is 0 Å². The van der Waals surface area contributed by atoms with Crippen molar-refractivity contribution >= 4 is 5.78 Å². The summed E-state index contributed by atoms with van der Waals surface area (Å²) in [6, 6.07) is 2.26. The average Bonchev–Trinajstić information content (AvgIpc) is 2.25. The van der Waals surface area contributed by atoms with Crippen LogP contribution in [0.3, 0.4) is 0 Å². The monoisotopic (exact) mass is 264 g/mol. The molecule has 0 aromatic heterocycles. The Balaban J connectivity index is 2.83. The van der Waals surface area contributed by atoms with E-state index in [1.54, 1.807) is 13.8 Å². The van der Waals surface area contributed by atoms with Gasteiger partial charge in [-0.2, -0.15) is 13.2 Å². The molecule has 0 amide bonds. The van der Waals surface area contributed by atoms with E-state index in [-0.39, 0.29) is 24.1 Å². The Morgan fingerprint density at radius 2 is 1.94 bits per heavy atom. The third kappa shape index (κ3) is 3.72. The third-order valence-electron chi connectivity index (χ3n) is 2.27. The van der Waals surface area contributed by atoms with Crippen molar-refractivity contribution in [1.82, 2.24) is 0 Å². The second kappa shape index (κ2) is 5.37. The maximum absolute atomic E-state index is 13.0. The van der Waals surface area contributed by atoms with E-state index in [1.165, 1.54) is 0 Å². The summed E-state index contributed by atoms with van der Waals surface area (Å²) in [5.74, 6) is -2.07. The topological polar surface area (TPSA) is 26.3 Å². The molecule has 0 heterocycles. The van der Waals surface area contributed by atoms with E-state index in [0.29, 0.717) is 12.1 Å². The minimum atomic E-state index is -4.79. The largest absolute Gasteiger partial charge is 0.486 e. The molecule has 0 radical (unpaired) electrons. The molecule has 0 N–H and O–H groups in total. The Bertz CT molecular complexity index is 438. The summed E-state index contributed by atoms with van der Waals surface area (Å²) < 4.78 is 55.0. The predicted octanol–water partition coefficient (Wildman–Crippen LogP) is 3.45. The van der Waals surface area contributed by atoms with Gasteiger partial charge in [-0.25, -0.2) is 4.39 Å². The fourth-order valence-corrected chi connectivity index (χ4v) is 1.13. The Morgan fingerprint density at radius 1 is 1.33 bits per heavy atom. The van der Waals surface area contributed by atoms with Gasteiger partial charge in [0.2, 0.25) is 0 Å². The Hall–Kier alpha value is -1.59. The molecule has 0 aliphatic heterocycles. The molecule has 0 bridgehead atoms. The molecule has 1 rings (SSSR count). The molecule has 6 heteroatoms. The van der Waals surface area contributed by atoms with Crippen LogP contribution in [0.2, 0.25) is 0 Å². The Labute approximate surface area is 102 Å². The molecule has 1 aromatic carbocycles. The standard InChI is InChI=1S/C12H12F4O2/c1-7(2)11(17)6-18-8-3-4-10(13)9(5-8)12(14,15)16/h3-5,7H,6H2,1-2H3. The maximum atomic E-state index is 13.0. The first-order valence-electron chi connectivity index (χ1n) is 5.24. The van der Waals surface area contributed by atoms with Gasteiger partial charge in [-0.15, -0.1) is 0 Å². The first-order valence-corrected chi connectivity index (χ1v) is 5.24. The van der Waals surface area contributed by atoms with Crippen LogP contribution in [0, 0.1) is 11.7 Å². The molecule has 1 aromatic rings. The number of alkyl halides is 3. The first kappa shape index (κ1) is 14.5. The van der Waals surface area contributed by atoms with Gasteiger partial charge in [0.1, 0.15) is 18.2 Å². The second-order valence-electron chi connectivity index (χ2n) is 4.05. The molecule has 0 unspecified atom stereocenters. The summed E-state index contributed by atoms with van der Waals surface area (Å²) in [5, 5.41) is 0. The second-order valence-corrected chi connectivity index (χ2v) is 4.05. The normalized spacial score (nSPS) is 11.7. The molecule has 0 aliphatic carbocycles. The lowest BCUT2D eigenvalue weighted by Crippen LogP contribution is -2.17. The zero-order valence-electron chi connectivity index (χ0n) is 9.84. The van der Waals surface area contributed by atoms with Gasteiger partial charge < -0.3 is 4.74 Å². The smallest absolute Gasteiger partial charge is 0.419 e. The SMILES string of the molecule is CC(C)C(=O)COc1ccc(F)c(C(F)(F)F)c1. The molecule has 0 saturated heterocycles. The molecular weight excluding hydrogens is 252 g/mol. The molecule has 0 fully saturated rings. The Kier molecular flexibility index (Phi) is 4.32. The first-order chi connectivity index (χ1) is 8.21. The zero-order valence-corrected chi connectivity index (χ0v) is 9.84. The summed E-state index contributed by atoms with van der Waals surface area (Å²) in [5.41, 5.74) is -1.41. The van der Waals surface area contributed by atoms with Crippen LogP contribution in [0.1, 0.15) is 19.4 Å².